The van der Waals surface area contributed by atoms with E-state index < -0.39 is 16.4 Å². The average molecular weight is 431 g/mol. The fourth-order valence-electron chi connectivity index (χ4n) is 2.59. The molecule has 24 heavy (non-hydrogen) atoms. The monoisotopic (exact) mass is 429 g/mol. The van der Waals surface area contributed by atoms with E-state index in [0.29, 0.717) is 0 Å². The van der Waals surface area contributed by atoms with Crippen LogP contribution >= 0.6 is 15.9 Å². The number of anilines is 1. The molecular formula is C18H32BrNO2Si2. The van der Waals surface area contributed by atoms with Crippen LogP contribution < -0.4 is 10.1 Å². The van der Waals surface area contributed by atoms with Gasteiger partial charge in [-0.05, 0) is 58.1 Å². The number of benzene rings is 1. The molecule has 0 aromatic heterocycles. The number of halogens is 1. The summed E-state index contributed by atoms with van der Waals surface area (Å²) < 4.78 is 5.79. The van der Waals surface area contributed by atoms with Crippen LogP contribution in [0.3, 0.4) is 0 Å². The number of carbonyl (C=O) groups is 1. The smallest absolute Gasteiger partial charge is 0.401 e. The summed E-state index contributed by atoms with van der Waals surface area (Å²) in [6.45, 7) is 19.2. The number of carbonyl (C=O) groups excluding carboxylic acids is 1. The number of nitrogens with zero attached hydrogens (tertiary/aromatic N) is 1. The molecule has 0 saturated carbocycles. The Labute approximate surface area is 158 Å². The van der Waals surface area contributed by atoms with Crippen LogP contribution in [0.25, 0.3) is 0 Å². The van der Waals surface area contributed by atoms with Crippen molar-refractivity contribution < 1.29 is 9.22 Å². The highest BCUT2D eigenvalue weighted by Gasteiger charge is 2.33. The van der Waals surface area contributed by atoms with Crippen molar-refractivity contribution in [2.75, 3.05) is 4.90 Å². The molecule has 0 unspecified atom stereocenters. The summed E-state index contributed by atoms with van der Waals surface area (Å²) in [5, 5.41) is 2.22. The molecule has 1 aromatic carbocycles. The van der Waals surface area contributed by atoms with E-state index in [4.69, 9.17) is 4.43 Å². The molecule has 0 atom stereocenters. The molecule has 136 valence electrons. The van der Waals surface area contributed by atoms with Crippen molar-refractivity contribution in [2.24, 2.45) is 0 Å². The highest BCUT2D eigenvalue weighted by Crippen LogP contribution is 2.27. The maximum Gasteiger partial charge on any atom is 0.401 e. The van der Waals surface area contributed by atoms with Crippen molar-refractivity contribution in [3.8, 4) is 0 Å². The largest absolute Gasteiger partial charge is 0.504 e. The van der Waals surface area contributed by atoms with Crippen LogP contribution in [-0.4, -0.2) is 28.0 Å². The van der Waals surface area contributed by atoms with Crippen molar-refractivity contribution in [3.05, 3.63) is 23.8 Å². The Kier molecular flexibility index (Phi) is 6.56. The number of amides is 1. The third-order valence-electron chi connectivity index (χ3n) is 3.55. The third kappa shape index (κ3) is 5.74. The van der Waals surface area contributed by atoms with Gasteiger partial charge >= 0.3 is 6.09 Å². The van der Waals surface area contributed by atoms with E-state index in [1.807, 2.05) is 46.5 Å². The molecule has 0 aliphatic rings. The van der Waals surface area contributed by atoms with E-state index in [0.717, 1.165) is 11.0 Å². The zero-order valence-corrected chi connectivity index (χ0v) is 20.2. The first-order valence-corrected chi connectivity index (χ1v) is 16.4. The second-order valence-corrected chi connectivity index (χ2v) is 19.2. The van der Waals surface area contributed by atoms with Gasteiger partial charge in [0.15, 0.2) is 0 Å². The van der Waals surface area contributed by atoms with Gasteiger partial charge in [0.2, 0.25) is 8.32 Å². The molecule has 1 aromatic rings. The molecule has 0 saturated heterocycles. The molecular weight excluding hydrogens is 398 g/mol. The van der Waals surface area contributed by atoms with Crippen LogP contribution in [-0.2, 0) is 9.76 Å². The average Bonchev–Trinajstić information content (AvgIpc) is 2.33. The second-order valence-electron chi connectivity index (χ2n) is 9.21. The predicted molar refractivity (Wildman–Crippen MR) is 114 cm³/mol. The lowest BCUT2D eigenvalue weighted by Gasteiger charge is -2.37. The molecule has 0 aliphatic heterocycles. The third-order valence-corrected chi connectivity index (χ3v) is 7.02. The lowest BCUT2D eigenvalue weighted by atomic mass is 10.1. The summed E-state index contributed by atoms with van der Waals surface area (Å²) in [6, 6.07) is 6.37. The molecule has 1 amide bonds. The standard InChI is InChI=1S/C18H32BrNO2Si2/c1-18(2,3)20(17(21)22-24(7,8)9)15-11-10-14(13-19)16(12-15)23(4,5)6/h10-12H,13H2,1-9H3. The first-order valence-electron chi connectivity index (χ1n) is 8.39. The van der Waals surface area contributed by atoms with Gasteiger partial charge in [0.05, 0.1) is 8.07 Å². The second kappa shape index (κ2) is 7.34. The van der Waals surface area contributed by atoms with E-state index in [-0.39, 0.29) is 11.6 Å². The first kappa shape index (κ1) is 21.4. The Morgan fingerprint density at radius 1 is 1.12 bits per heavy atom. The van der Waals surface area contributed by atoms with Crippen LogP contribution in [0.5, 0.6) is 0 Å². The molecule has 0 fully saturated rings. The van der Waals surface area contributed by atoms with Gasteiger partial charge in [0.25, 0.3) is 0 Å². The lowest BCUT2D eigenvalue weighted by molar-refractivity contribution is 0.200. The minimum Gasteiger partial charge on any atom is -0.504 e. The predicted octanol–water partition coefficient (Wildman–Crippen LogP) is 5.70. The Hall–Kier alpha value is -0.596. The van der Waals surface area contributed by atoms with E-state index in [9.17, 15) is 4.79 Å². The summed E-state index contributed by atoms with van der Waals surface area (Å²) in [5.74, 6) is 0. The van der Waals surface area contributed by atoms with E-state index in [1.54, 1.807) is 4.90 Å². The topological polar surface area (TPSA) is 29.5 Å². The highest BCUT2D eigenvalue weighted by molar-refractivity contribution is 9.08. The maximum absolute atomic E-state index is 12.9. The molecule has 0 spiro atoms. The fourth-order valence-corrected chi connectivity index (χ4v) is 5.67. The Bertz CT molecular complexity index is 599. The highest BCUT2D eigenvalue weighted by atomic mass is 79.9. The van der Waals surface area contributed by atoms with Gasteiger partial charge < -0.3 is 4.43 Å². The molecule has 0 heterocycles. The molecule has 0 aliphatic carbocycles. The SMILES string of the molecule is CC(C)(C)N(C(=O)O[Si](C)(C)C)c1ccc(CBr)c([Si](C)(C)C)c1. The van der Waals surface area contributed by atoms with Crippen LogP contribution in [0.4, 0.5) is 10.5 Å². The lowest BCUT2D eigenvalue weighted by Crippen LogP contribution is -2.50. The quantitative estimate of drug-likeness (QED) is 0.453. The number of rotatable bonds is 4. The van der Waals surface area contributed by atoms with Gasteiger partial charge in [0, 0.05) is 16.6 Å². The Morgan fingerprint density at radius 3 is 2.04 bits per heavy atom. The summed E-state index contributed by atoms with van der Waals surface area (Å²) in [6.07, 6.45) is -0.241. The molecule has 1 rings (SSSR count). The summed E-state index contributed by atoms with van der Waals surface area (Å²) in [4.78, 5) is 14.7. The molecule has 6 heteroatoms. The van der Waals surface area contributed by atoms with Crippen molar-refractivity contribution >= 4 is 49.3 Å². The summed E-state index contributed by atoms with van der Waals surface area (Å²) in [5.41, 5.74) is 1.89. The zero-order chi connectivity index (χ0) is 18.9. The minimum atomic E-state index is -1.95. The van der Waals surface area contributed by atoms with Crippen LogP contribution in [0.1, 0.15) is 26.3 Å². The van der Waals surface area contributed by atoms with E-state index in [1.165, 1.54) is 10.8 Å². The molecule has 0 N–H and O–H groups in total. The number of hydrogen-bond donors (Lipinski definition) is 0. The van der Waals surface area contributed by atoms with Crippen molar-refractivity contribution in [2.45, 2.75) is 70.9 Å². The minimum absolute atomic E-state index is 0.241. The van der Waals surface area contributed by atoms with Gasteiger partial charge in [-0.25, -0.2) is 4.79 Å². The first-order chi connectivity index (χ1) is 10.7. The van der Waals surface area contributed by atoms with Gasteiger partial charge in [0.1, 0.15) is 0 Å². The summed E-state index contributed by atoms with van der Waals surface area (Å²) in [7, 11) is -3.47. The molecule has 0 radical (unpaired) electrons. The zero-order valence-electron chi connectivity index (χ0n) is 16.6. The van der Waals surface area contributed by atoms with Crippen molar-refractivity contribution in [1.82, 2.24) is 0 Å². The van der Waals surface area contributed by atoms with E-state index >= 15 is 0 Å². The van der Waals surface area contributed by atoms with E-state index in [2.05, 4.69) is 47.7 Å². The van der Waals surface area contributed by atoms with Gasteiger partial charge in [-0.3, -0.25) is 4.90 Å². The van der Waals surface area contributed by atoms with Gasteiger partial charge in [-0.2, -0.15) is 0 Å². The molecule has 3 nitrogen and oxygen atoms in total. The van der Waals surface area contributed by atoms with Crippen molar-refractivity contribution in [3.63, 3.8) is 0 Å². The fraction of sp³-hybridized carbons (Fsp3) is 0.611. The Morgan fingerprint density at radius 2 is 1.67 bits per heavy atom. The van der Waals surface area contributed by atoms with Crippen molar-refractivity contribution in [1.29, 1.82) is 0 Å². The Balaban J connectivity index is 3.43. The molecule has 0 bridgehead atoms. The maximum atomic E-state index is 12.9. The summed E-state index contributed by atoms with van der Waals surface area (Å²) >= 11 is 3.59. The van der Waals surface area contributed by atoms with Gasteiger partial charge in [-0.15, -0.1) is 0 Å². The van der Waals surface area contributed by atoms with Crippen LogP contribution in [0.15, 0.2) is 18.2 Å². The van der Waals surface area contributed by atoms with Crippen LogP contribution in [0, 0.1) is 0 Å². The number of hydrogen-bond acceptors (Lipinski definition) is 2. The van der Waals surface area contributed by atoms with Crippen LogP contribution in [0.2, 0.25) is 39.3 Å². The normalized spacial score (nSPS) is 12.9. The number of alkyl halides is 1. The van der Waals surface area contributed by atoms with Gasteiger partial charge in [-0.1, -0.05) is 46.8 Å².